The molecule has 0 spiro atoms. The Balaban J connectivity index is 2.17. The maximum absolute atomic E-state index is 12.3. The van der Waals surface area contributed by atoms with Crippen LogP contribution in [0.5, 0.6) is 5.75 Å². The number of benzene rings is 1. The van der Waals surface area contributed by atoms with Crippen LogP contribution in [0.3, 0.4) is 0 Å². The molecule has 0 saturated carbocycles. The molecule has 0 radical (unpaired) electrons. The Hall–Kier alpha value is -3.16. The predicted molar refractivity (Wildman–Crippen MR) is 98.5 cm³/mol. The Morgan fingerprint density at radius 1 is 1.23 bits per heavy atom. The number of hydrogen-bond donors (Lipinski definition) is 2. The molecule has 0 atom stereocenters. The minimum atomic E-state index is -0.413. The number of carbonyl (C=O) groups is 2. The van der Waals surface area contributed by atoms with E-state index in [1.54, 1.807) is 18.2 Å². The highest BCUT2D eigenvalue weighted by Gasteiger charge is 2.12. The summed E-state index contributed by atoms with van der Waals surface area (Å²) in [5.74, 6) is -0.0696. The number of aromatic nitrogens is 2. The van der Waals surface area contributed by atoms with Crippen LogP contribution in [0.4, 0.5) is 11.4 Å². The first-order valence-electron chi connectivity index (χ1n) is 8.12. The van der Waals surface area contributed by atoms with Crippen LogP contribution >= 0.6 is 0 Å². The van der Waals surface area contributed by atoms with Gasteiger partial charge in [0.25, 0.3) is 5.56 Å². The quantitative estimate of drug-likeness (QED) is 0.822. The Kier molecular flexibility index (Phi) is 6.11. The topological polar surface area (TPSA) is 102 Å². The Labute approximate surface area is 151 Å². The van der Waals surface area contributed by atoms with Gasteiger partial charge < -0.3 is 15.4 Å². The van der Waals surface area contributed by atoms with E-state index in [9.17, 15) is 14.4 Å². The number of nitrogens with one attached hydrogen (secondary N) is 2. The van der Waals surface area contributed by atoms with Crippen LogP contribution in [0.2, 0.25) is 0 Å². The molecule has 2 rings (SSSR count). The predicted octanol–water partition coefficient (Wildman–Crippen LogP) is 1.97. The van der Waals surface area contributed by atoms with Crippen molar-refractivity contribution in [3.8, 4) is 5.75 Å². The molecule has 8 nitrogen and oxygen atoms in total. The first-order chi connectivity index (χ1) is 12.3. The van der Waals surface area contributed by atoms with E-state index in [1.165, 1.54) is 31.0 Å². The number of anilines is 2. The fourth-order valence-electron chi connectivity index (χ4n) is 2.31. The van der Waals surface area contributed by atoms with Crippen molar-refractivity contribution in [3.05, 3.63) is 46.6 Å². The van der Waals surface area contributed by atoms with Crippen LogP contribution in [0.25, 0.3) is 0 Å². The van der Waals surface area contributed by atoms with E-state index < -0.39 is 5.91 Å². The summed E-state index contributed by atoms with van der Waals surface area (Å²) in [4.78, 5) is 39.8. The molecule has 26 heavy (non-hydrogen) atoms. The van der Waals surface area contributed by atoms with E-state index in [-0.39, 0.29) is 23.9 Å². The standard InChI is InChI=1S/C18H22N4O4/c1-11(2)14-8-18(25)22(10-19-14)9-17(24)21-15-7-13(20-12(3)23)5-6-16(15)26-4/h5-8,10-11H,9H2,1-4H3,(H,20,23)(H,21,24). The summed E-state index contributed by atoms with van der Waals surface area (Å²) < 4.78 is 6.44. The van der Waals surface area contributed by atoms with E-state index >= 15 is 0 Å². The normalized spacial score (nSPS) is 10.5. The Morgan fingerprint density at radius 3 is 2.54 bits per heavy atom. The summed E-state index contributed by atoms with van der Waals surface area (Å²) in [6.07, 6.45) is 1.36. The lowest BCUT2D eigenvalue weighted by Gasteiger charge is -2.13. The smallest absolute Gasteiger partial charge is 0.254 e. The second-order valence-corrected chi connectivity index (χ2v) is 6.08. The number of amides is 2. The maximum atomic E-state index is 12.3. The highest BCUT2D eigenvalue weighted by molar-refractivity contribution is 5.94. The van der Waals surface area contributed by atoms with Crippen molar-refractivity contribution in [2.75, 3.05) is 17.7 Å². The van der Waals surface area contributed by atoms with Gasteiger partial charge in [-0.1, -0.05) is 13.8 Å². The van der Waals surface area contributed by atoms with E-state index in [0.717, 1.165) is 0 Å². The van der Waals surface area contributed by atoms with Crippen LogP contribution < -0.4 is 20.9 Å². The van der Waals surface area contributed by atoms with Crippen LogP contribution in [-0.2, 0) is 16.1 Å². The number of hydrogen-bond acceptors (Lipinski definition) is 5. The highest BCUT2D eigenvalue weighted by atomic mass is 16.5. The molecular weight excluding hydrogens is 336 g/mol. The van der Waals surface area contributed by atoms with Gasteiger partial charge in [-0.15, -0.1) is 0 Å². The van der Waals surface area contributed by atoms with Crippen molar-refractivity contribution in [3.63, 3.8) is 0 Å². The van der Waals surface area contributed by atoms with Crippen molar-refractivity contribution in [1.82, 2.24) is 9.55 Å². The summed E-state index contributed by atoms with van der Waals surface area (Å²) in [5, 5.41) is 5.32. The Morgan fingerprint density at radius 2 is 1.96 bits per heavy atom. The number of nitrogens with zero attached hydrogens (tertiary/aromatic N) is 2. The van der Waals surface area contributed by atoms with Gasteiger partial charge in [-0.05, 0) is 24.1 Å². The van der Waals surface area contributed by atoms with Crippen LogP contribution in [0.1, 0.15) is 32.4 Å². The SMILES string of the molecule is COc1ccc(NC(C)=O)cc1NC(=O)Cn1cnc(C(C)C)cc1=O. The van der Waals surface area contributed by atoms with Gasteiger partial charge in [0, 0.05) is 18.7 Å². The lowest BCUT2D eigenvalue weighted by Crippen LogP contribution is -2.28. The number of carbonyl (C=O) groups excluding carboxylic acids is 2. The van der Waals surface area contributed by atoms with Gasteiger partial charge in [-0.25, -0.2) is 4.98 Å². The summed E-state index contributed by atoms with van der Waals surface area (Å²) in [6.45, 7) is 5.08. The van der Waals surface area contributed by atoms with Gasteiger partial charge in [-0.2, -0.15) is 0 Å². The molecule has 1 aromatic carbocycles. The highest BCUT2D eigenvalue weighted by Crippen LogP contribution is 2.27. The number of rotatable bonds is 6. The van der Waals surface area contributed by atoms with Crippen molar-refractivity contribution >= 4 is 23.2 Å². The summed E-state index contributed by atoms with van der Waals surface area (Å²) in [7, 11) is 1.47. The maximum Gasteiger partial charge on any atom is 0.254 e. The molecule has 0 unspecified atom stereocenters. The van der Waals surface area contributed by atoms with E-state index in [4.69, 9.17) is 4.74 Å². The molecule has 2 aromatic rings. The van der Waals surface area contributed by atoms with Gasteiger partial charge in [0.1, 0.15) is 12.3 Å². The van der Waals surface area contributed by atoms with E-state index in [0.29, 0.717) is 22.8 Å². The molecule has 2 amide bonds. The first-order valence-corrected chi connectivity index (χ1v) is 8.12. The zero-order valence-corrected chi connectivity index (χ0v) is 15.2. The third-order valence-electron chi connectivity index (χ3n) is 3.60. The minimum absolute atomic E-state index is 0.131. The lowest BCUT2D eigenvalue weighted by molar-refractivity contribution is -0.117. The van der Waals surface area contributed by atoms with Crippen LogP contribution in [0, 0.1) is 0 Å². The molecule has 0 aliphatic rings. The average Bonchev–Trinajstić information content (AvgIpc) is 2.56. The molecule has 2 N–H and O–H groups in total. The first kappa shape index (κ1) is 19.2. The van der Waals surface area contributed by atoms with E-state index in [2.05, 4.69) is 15.6 Å². The monoisotopic (exact) mass is 358 g/mol. The van der Waals surface area contributed by atoms with Crippen molar-refractivity contribution in [2.24, 2.45) is 0 Å². The molecule has 0 fully saturated rings. The fourth-order valence-corrected chi connectivity index (χ4v) is 2.31. The van der Waals surface area contributed by atoms with Gasteiger partial charge in [0.2, 0.25) is 11.8 Å². The Bertz CT molecular complexity index is 874. The summed E-state index contributed by atoms with van der Waals surface area (Å²) in [5.41, 5.74) is 1.30. The molecular formula is C18H22N4O4. The zero-order chi connectivity index (χ0) is 19.3. The van der Waals surface area contributed by atoms with Crippen LogP contribution in [-0.4, -0.2) is 28.5 Å². The number of ether oxygens (including phenoxy) is 1. The lowest BCUT2D eigenvalue weighted by atomic mass is 10.1. The number of methoxy groups -OCH3 is 1. The van der Waals surface area contributed by atoms with Gasteiger partial charge in [0.15, 0.2) is 0 Å². The molecule has 0 bridgehead atoms. The van der Waals surface area contributed by atoms with Gasteiger partial charge in [0.05, 0.1) is 24.8 Å². The summed E-state index contributed by atoms with van der Waals surface area (Å²) >= 11 is 0. The largest absolute Gasteiger partial charge is 0.495 e. The van der Waals surface area contributed by atoms with Crippen molar-refractivity contribution in [1.29, 1.82) is 0 Å². The van der Waals surface area contributed by atoms with E-state index in [1.807, 2.05) is 13.8 Å². The molecule has 1 aromatic heterocycles. The molecule has 0 aliphatic carbocycles. The second kappa shape index (κ2) is 8.28. The molecule has 8 heteroatoms. The molecule has 1 heterocycles. The molecule has 0 aliphatic heterocycles. The average molecular weight is 358 g/mol. The zero-order valence-electron chi connectivity index (χ0n) is 15.2. The fraction of sp³-hybridized carbons (Fsp3) is 0.333. The minimum Gasteiger partial charge on any atom is -0.495 e. The third-order valence-corrected chi connectivity index (χ3v) is 3.60. The van der Waals surface area contributed by atoms with Gasteiger partial charge >= 0.3 is 0 Å². The van der Waals surface area contributed by atoms with Crippen molar-refractivity contribution in [2.45, 2.75) is 33.2 Å². The van der Waals surface area contributed by atoms with Gasteiger partial charge in [-0.3, -0.25) is 19.0 Å². The molecule has 0 saturated heterocycles. The van der Waals surface area contributed by atoms with Crippen molar-refractivity contribution < 1.29 is 14.3 Å². The summed E-state index contributed by atoms with van der Waals surface area (Å²) in [6, 6.07) is 6.30. The third kappa shape index (κ3) is 4.92. The second-order valence-electron chi connectivity index (χ2n) is 6.08. The molecule has 138 valence electrons. The van der Waals surface area contributed by atoms with Crippen LogP contribution in [0.15, 0.2) is 35.4 Å².